The quantitative estimate of drug-likeness (QED) is 0.602. The van der Waals surface area contributed by atoms with Gasteiger partial charge >= 0.3 is 0 Å². The van der Waals surface area contributed by atoms with E-state index in [9.17, 15) is 0 Å². The second-order valence-corrected chi connectivity index (χ2v) is 8.45. The van der Waals surface area contributed by atoms with Gasteiger partial charge in [0, 0.05) is 5.41 Å². The molecule has 2 aromatic rings. The molecule has 0 aliphatic carbocycles. The smallest absolute Gasteiger partial charge is 0.236 e. The molecule has 0 fully saturated rings. The Labute approximate surface area is 153 Å². The highest BCUT2D eigenvalue weighted by Gasteiger charge is 2.27. The van der Waals surface area contributed by atoms with E-state index in [0.717, 1.165) is 16.7 Å². The molecule has 0 saturated heterocycles. The van der Waals surface area contributed by atoms with Crippen LogP contribution in [0.1, 0.15) is 84.9 Å². The van der Waals surface area contributed by atoms with Gasteiger partial charge < -0.3 is 4.74 Å². The molecule has 1 unspecified atom stereocenters. The van der Waals surface area contributed by atoms with Gasteiger partial charge in [-0.25, -0.2) is 9.97 Å². The Morgan fingerprint density at radius 2 is 1.64 bits per heavy atom. The first-order valence-electron chi connectivity index (χ1n) is 9.62. The van der Waals surface area contributed by atoms with Crippen molar-refractivity contribution in [1.29, 1.82) is 0 Å². The Morgan fingerprint density at radius 3 is 2.20 bits per heavy atom. The number of nitrogens with zero attached hydrogens (tertiary/aromatic N) is 2. The fourth-order valence-electron chi connectivity index (χ4n) is 3.58. The molecule has 0 aliphatic heterocycles. The highest BCUT2D eigenvalue weighted by molar-refractivity contribution is 5.76. The van der Waals surface area contributed by atoms with E-state index in [0.29, 0.717) is 5.88 Å². The Kier molecular flexibility index (Phi) is 6.08. The summed E-state index contributed by atoms with van der Waals surface area (Å²) < 4.78 is 5.54. The molecule has 0 amide bonds. The summed E-state index contributed by atoms with van der Waals surface area (Å²) in [5.74, 6) is 0.642. The summed E-state index contributed by atoms with van der Waals surface area (Å²) >= 11 is 0. The molecule has 0 aliphatic rings. The molecule has 3 heteroatoms. The van der Waals surface area contributed by atoms with Crippen LogP contribution in [-0.4, -0.2) is 17.1 Å². The second-order valence-electron chi connectivity index (χ2n) is 8.45. The molecule has 0 saturated carbocycles. The van der Waals surface area contributed by atoms with Crippen LogP contribution in [0.4, 0.5) is 0 Å². The summed E-state index contributed by atoms with van der Waals surface area (Å²) in [5.41, 5.74) is 4.28. The molecule has 0 bridgehead atoms. The van der Waals surface area contributed by atoms with E-state index in [-0.39, 0.29) is 10.8 Å². The van der Waals surface area contributed by atoms with Gasteiger partial charge in [0.2, 0.25) is 5.88 Å². The van der Waals surface area contributed by atoms with Crippen LogP contribution < -0.4 is 4.74 Å². The van der Waals surface area contributed by atoms with E-state index in [1.165, 1.54) is 37.7 Å². The first kappa shape index (κ1) is 19.7. The minimum Gasteiger partial charge on any atom is -0.480 e. The largest absolute Gasteiger partial charge is 0.480 e. The van der Waals surface area contributed by atoms with Crippen LogP contribution in [0, 0.1) is 0 Å². The summed E-state index contributed by atoms with van der Waals surface area (Å²) in [6.07, 6.45) is 6.09. The zero-order chi connectivity index (χ0) is 18.7. The van der Waals surface area contributed by atoms with Crippen LogP contribution in [0.3, 0.4) is 0 Å². The fraction of sp³-hybridized carbons (Fsp3) is 0.636. The van der Waals surface area contributed by atoms with Crippen molar-refractivity contribution >= 4 is 11.0 Å². The summed E-state index contributed by atoms with van der Waals surface area (Å²) in [4.78, 5) is 9.65. The van der Waals surface area contributed by atoms with Crippen molar-refractivity contribution < 1.29 is 4.74 Å². The lowest BCUT2D eigenvalue weighted by atomic mass is 9.75. The van der Waals surface area contributed by atoms with E-state index < -0.39 is 0 Å². The number of rotatable bonds is 7. The molecular weight excluding hydrogens is 308 g/mol. The fourth-order valence-corrected chi connectivity index (χ4v) is 3.58. The maximum atomic E-state index is 5.54. The molecule has 1 aromatic carbocycles. The summed E-state index contributed by atoms with van der Waals surface area (Å²) in [5, 5.41) is 0. The van der Waals surface area contributed by atoms with Crippen molar-refractivity contribution in [3.05, 3.63) is 29.5 Å². The van der Waals surface area contributed by atoms with Crippen molar-refractivity contribution in [1.82, 2.24) is 9.97 Å². The van der Waals surface area contributed by atoms with Gasteiger partial charge in [0.05, 0.1) is 18.1 Å². The zero-order valence-electron chi connectivity index (χ0n) is 17.1. The van der Waals surface area contributed by atoms with Crippen LogP contribution in [0.5, 0.6) is 5.88 Å². The molecule has 0 N–H and O–H groups in total. The number of fused-ring (bicyclic) bond motifs is 1. The minimum absolute atomic E-state index is 0.0942. The van der Waals surface area contributed by atoms with E-state index >= 15 is 0 Å². The summed E-state index contributed by atoms with van der Waals surface area (Å²) in [6.45, 7) is 13.3. The third-order valence-electron chi connectivity index (χ3n) is 5.12. The number of hydrogen-bond acceptors (Lipinski definition) is 3. The third-order valence-corrected chi connectivity index (χ3v) is 5.12. The lowest BCUT2D eigenvalue weighted by Gasteiger charge is -2.30. The molecule has 0 radical (unpaired) electrons. The van der Waals surface area contributed by atoms with E-state index in [1.54, 1.807) is 7.11 Å². The number of methoxy groups -OCH3 is 1. The van der Waals surface area contributed by atoms with Gasteiger partial charge in [0.15, 0.2) is 0 Å². The molecule has 0 spiro atoms. The van der Waals surface area contributed by atoms with Crippen LogP contribution in [0.2, 0.25) is 0 Å². The third kappa shape index (κ3) is 4.31. The highest BCUT2D eigenvalue weighted by Crippen LogP contribution is 2.36. The number of aromatic nitrogens is 2. The van der Waals surface area contributed by atoms with Crippen molar-refractivity contribution in [2.75, 3.05) is 7.11 Å². The molecule has 3 nitrogen and oxygen atoms in total. The van der Waals surface area contributed by atoms with Crippen molar-refractivity contribution in [2.24, 2.45) is 0 Å². The summed E-state index contributed by atoms with van der Waals surface area (Å²) in [7, 11) is 1.68. The van der Waals surface area contributed by atoms with Gasteiger partial charge in [0.1, 0.15) is 5.69 Å². The Hall–Kier alpha value is -1.64. The molecule has 2 rings (SSSR count). The molecular formula is C22H34N2O. The highest BCUT2D eigenvalue weighted by atomic mass is 16.5. The van der Waals surface area contributed by atoms with Gasteiger partial charge in [0.25, 0.3) is 0 Å². The number of hydrogen-bond donors (Lipinski definition) is 0. The van der Waals surface area contributed by atoms with E-state index in [4.69, 9.17) is 14.7 Å². The SMILES string of the molecule is CCCCC(C)(CCC)c1ccc2nc(C(C)(C)C)c(OC)nc2c1. The average Bonchev–Trinajstić information content (AvgIpc) is 2.57. The lowest BCUT2D eigenvalue weighted by Crippen LogP contribution is -2.22. The van der Waals surface area contributed by atoms with E-state index in [2.05, 4.69) is 59.7 Å². The van der Waals surface area contributed by atoms with Crippen molar-refractivity contribution in [2.45, 2.75) is 84.5 Å². The van der Waals surface area contributed by atoms with Crippen molar-refractivity contribution in [3.63, 3.8) is 0 Å². The van der Waals surface area contributed by atoms with Crippen LogP contribution in [0.25, 0.3) is 11.0 Å². The predicted octanol–water partition coefficient (Wildman–Crippen LogP) is 6.18. The molecule has 138 valence electrons. The molecule has 1 aromatic heterocycles. The first-order valence-corrected chi connectivity index (χ1v) is 9.62. The Morgan fingerprint density at radius 1 is 0.920 bits per heavy atom. The maximum Gasteiger partial charge on any atom is 0.236 e. The zero-order valence-corrected chi connectivity index (χ0v) is 17.1. The number of ether oxygens (including phenoxy) is 1. The predicted molar refractivity (Wildman–Crippen MR) is 107 cm³/mol. The van der Waals surface area contributed by atoms with Crippen molar-refractivity contribution in [3.8, 4) is 5.88 Å². The average molecular weight is 343 g/mol. The van der Waals surface area contributed by atoms with Gasteiger partial charge in [-0.1, -0.05) is 66.9 Å². The normalized spacial score (nSPS) is 14.5. The van der Waals surface area contributed by atoms with Crippen LogP contribution >= 0.6 is 0 Å². The standard InChI is InChI=1S/C22H34N2O/c1-8-10-14-22(6,13-9-2)16-11-12-17-18(15-16)24-20(25-7)19(23-17)21(3,4)5/h11-12,15H,8-10,13-14H2,1-7H3. The monoisotopic (exact) mass is 342 g/mol. The van der Waals surface area contributed by atoms with E-state index in [1.807, 2.05) is 0 Å². The van der Waals surface area contributed by atoms with Crippen LogP contribution in [0.15, 0.2) is 18.2 Å². The molecule has 25 heavy (non-hydrogen) atoms. The minimum atomic E-state index is -0.0942. The van der Waals surface area contributed by atoms with Gasteiger partial charge in [-0.15, -0.1) is 0 Å². The first-order chi connectivity index (χ1) is 11.7. The lowest BCUT2D eigenvalue weighted by molar-refractivity contribution is 0.376. The second kappa shape index (κ2) is 7.72. The summed E-state index contributed by atoms with van der Waals surface area (Å²) in [6, 6.07) is 6.61. The van der Waals surface area contributed by atoms with Gasteiger partial charge in [-0.3, -0.25) is 0 Å². The molecule has 1 atom stereocenters. The van der Waals surface area contributed by atoms with Gasteiger partial charge in [-0.2, -0.15) is 0 Å². The number of benzene rings is 1. The Balaban J connectivity index is 2.54. The van der Waals surface area contributed by atoms with Crippen LogP contribution in [-0.2, 0) is 10.8 Å². The molecule has 1 heterocycles. The van der Waals surface area contributed by atoms with Gasteiger partial charge in [-0.05, 0) is 36.0 Å². The topological polar surface area (TPSA) is 35.0 Å². The maximum absolute atomic E-state index is 5.54. The Bertz CT molecular complexity index is 718. The number of unbranched alkanes of at least 4 members (excludes halogenated alkanes) is 1.